The molecular weight excluding hydrogens is 681 g/mol. The standard InChI is InChI=1S/C52H32N4/c1-3-14-33(15-4-1)34-26-28-36(29-27-34)50-53-49(35-16-5-2-6-17-35)54-51(55-50)37-30-31-39-38-18-7-9-21-42(38)52(45(39)32-37)43-22-10-12-25-47(43)56-46-24-11-8-19-40(46)41-20-13-23-44(52)48(41)56/h1-32H. The van der Waals surface area contributed by atoms with Gasteiger partial charge in [0.1, 0.15) is 0 Å². The lowest BCUT2D eigenvalue weighted by atomic mass is 9.65. The molecule has 8 aromatic carbocycles. The highest BCUT2D eigenvalue weighted by atomic mass is 15.0. The Labute approximate surface area is 324 Å². The second kappa shape index (κ2) is 11.8. The predicted molar refractivity (Wildman–Crippen MR) is 227 cm³/mol. The lowest BCUT2D eigenvalue weighted by Gasteiger charge is -2.39. The number of fused-ring (bicyclic) bond motifs is 12. The predicted octanol–water partition coefficient (Wildman–Crippen LogP) is 12.3. The first-order valence-electron chi connectivity index (χ1n) is 19.1. The van der Waals surface area contributed by atoms with E-state index in [0.717, 1.165) is 22.3 Å². The lowest BCUT2D eigenvalue weighted by molar-refractivity contribution is 0.748. The van der Waals surface area contributed by atoms with Gasteiger partial charge in [-0.05, 0) is 62.7 Å². The Morgan fingerprint density at radius 2 is 0.857 bits per heavy atom. The molecule has 3 heterocycles. The van der Waals surface area contributed by atoms with E-state index in [1.165, 1.54) is 66.4 Å². The Morgan fingerprint density at radius 1 is 0.339 bits per heavy atom. The topological polar surface area (TPSA) is 43.6 Å². The summed E-state index contributed by atoms with van der Waals surface area (Å²) in [5.74, 6) is 1.93. The van der Waals surface area contributed by atoms with Gasteiger partial charge in [0, 0.05) is 27.5 Å². The van der Waals surface area contributed by atoms with Crippen molar-refractivity contribution in [2.24, 2.45) is 0 Å². The second-order valence-corrected chi connectivity index (χ2v) is 14.7. The largest absolute Gasteiger partial charge is 0.309 e. The van der Waals surface area contributed by atoms with Gasteiger partial charge in [-0.2, -0.15) is 0 Å². The monoisotopic (exact) mass is 712 g/mol. The Bertz CT molecular complexity index is 3180. The van der Waals surface area contributed by atoms with Crippen LogP contribution in [0.15, 0.2) is 194 Å². The number of aromatic nitrogens is 4. The highest BCUT2D eigenvalue weighted by Crippen LogP contribution is 2.61. The van der Waals surface area contributed by atoms with Gasteiger partial charge in [-0.3, -0.25) is 0 Å². The third kappa shape index (κ3) is 4.27. The molecule has 0 radical (unpaired) electrons. The number of benzene rings is 8. The zero-order valence-electron chi connectivity index (χ0n) is 30.3. The average Bonchev–Trinajstić information content (AvgIpc) is 3.77. The molecule has 0 amide bonds. The maximum atomic E-state index is 5.23. The van der Waals surface area contributed by atoms with Gasteiger partial charge in [0.05, 0.1) is 22.1 Å². The van der Waals surface area contributed by atoms with Crippen molar-refractivity contribution in [3.63, 3.8) is 0 Å². The smallest absolute Gasteiger partial charge is 0.164 e. The van der Waals surface area contributed by atoms with Gasteiger partial charge in [0.25, 0.3) is 0 Å². The summed E-state index contributed by atoms with van der Waals surface area (Å²) >= 11 is 0. The van der Waals surface area contributed by atoms with Crippen LogP contribution in [-0.2, 0) is 5.41 Å². The lowest BCUT2D eigenvalue weighted by Crippen LogP contribution is -2.33. The van der Waals surface area contributed by atoms with Crippen molar-refractivity contribution in [3.8, 4) is 62.1 Å². The quantitative estimate of drug-likeness (QED) is 0.182. The third-order valence-electron chi connectivity index (χ3n) is 11.9. The highest BCUT2D eigenvalue weighted by Gasteiger charge is 2.50. The summed E-state index contributed by atoms with van der Waals surface area (Å²) in [6.07, 6.45) is 0. The van der Waals surface area contributed by atoms with E-state index in [0.29, 0.717) is 17.5 Å². The van der Waals surface area contributed by atoms with Gasteiger partial charge in [0.15, 0.2) is 17.5 Å². The molecule has 0 fully saturated rings. The fraction of sp³-hybridized carbons (Fsp3) is 0.0192. The summed E-state index contributed by atoms with van der Waals surface area (Å²) in [5, 5.41) is 2.53. The SMILES string of the molecule is c1ccc(-c2ccc(-c3nc(-c4ccccc4)nc(-c4ccc5c(c4)C4(c6ccccc6-5)c5ccccc5-n5c6ccccc6c6cccc4c65)n3)cc2)cc1. The van der Waals surface area contributed by atoms with Crippen LogP contribution in [0.25, 0.3) is 83.9 Å². The van der Waals surface area contributed by atoms with Crippen LogP contribution in [0.4, 0.5) is 0 Å². The van der Waals surface area contributed by atoms with Crippen LogP contribution < -0.4 is 0 Å². The van der Waals surface area contributed by atoms with E-state index < -0.39 is 5.41 Å². The molecule has 10 aromatic rings. The number of hydrogen-bond acceptors (Lipinski definition) is 3. The van der Waals surface area contributed by atoms with E-state index in [1.54, 1.807) is 0 Å². The zero-order valence-corrected chi connectivity index (χ0v) is 30.3. The van der Waals surface area contributed by atoms with Crippen LogP contribution in [0.1, 0.15) is 22.3 Å². The van der Waals surface area contributed by atoms with E-state index in [-0.39, 0.29) is 0 Å². The Kier molecular flexibility index (Phi) is 6.52. The van der Waals surface area contributed by atoms with Crippen LogP contribution in [0, 0.1) is 0 Å². The Hall–Kier alpha value is -7.43. The first-order chi connectivity index (χ1) is 27.8. The fourth-order valence-corrected chi connectivity index (χ4v) is 9.49. The Balaban J connectivity index is 1.11. The van der Waals surface area contributed by atoms with Crippen molar-refractivity contribution in [2.45, 2.75) is 5.41 Å². The summed E-state index contributed by atoms with van der Waals surface area (Å²) in [4.78, 5) is 15.5. The van der Waals surface area contributed by atoms with Crippen LogP contribution in [0.2, 0.25) is 0 Å². The molecule has 260 valence electrons. The third-order valence-corrected chi connectivity index (χ3v) is 11.9. The van der Waals surface area contributed by atoms with Gasteiger partial charge in [-0.25, -0.2) is 15.0 Å². The second-order valence-electron chi connectivity index (χ2n) is 14.7. The maximum Gasteiger partial charge on any atom is 0.164 e. The van der Waals surface area contributed by atoms with Gasteiger partial charge >= 0.3 is 0 Å². The van der Waals surface area contributed by atoms with E-state index in [1.807, 2.05) is 24.3 Å². The molecule has 4 nitrogen and oxygen atoms in total. The van der Waals surface area contributed by atoms with Crippen LogP contribution >= 0.6 is 0 Å². The minimum absolute atomic E-state index is 0.562. The molecule has 1 atom stereocenters. The van der Waals surface area contributed by atoms with Crippen molar-refractivity contribution in [1.82, 2.24) is 19.5 Å². The van der Waals surface area contributed by atoms with Crippen molar-refractivity contribution in [1.29, 1.82) is 0 Å². The molecular formula is C52H32N4. The van der Waals surface area contributed by atoms with Gasteiger partial charge in [0.2, 0.25) is 0 Å². The number of nitrogens with zero attached hydrogens (tertiary/aromatic N) is 4. The first-order valence-corrected chi connectivity index (χ1v) is 19.1. The number of para-hydroxylation sites is 3. The van der Waals surface area contributed by atoms with Crippen LogP contribution in [0.5, 0.6) is 0 Å². The van der Waals surface area contributed by atoms with E-state index in [4.69, 9.17) is 15.0 Å². The highest BCUT2D eigenvalue weighted by molar-refractivity contribution is 6.12. The zero-order chi connectivity index (χ0) is 36.8. The number of rotatable bonds is 4. The van der Waals surface area contributed by atoms with E-state index in [9.17, 15) is 0 Å². The van der Waals surface area contributed by atoms with Crippen LogP contribution in [-0.4, -0.2) is 19.5 Å². The molecule has 2 aromatic heterocycles. The molecule has 1 unspecified atom stereocenters. The van der Waals surface area contributed by atoms with Crippen molar-refractivity contribution in [3.05, 3.63) is 216 Å². The van der Waals surface area contributed by atoms with Gasteiger partial charge in [-0.15, -0.1) is 0 Å². The number of hydrogen-bond donors (Lipinski definition) is 0. The maximum absolute atomic E-state index is 5.23. The molecule has 0 saturated heterocycles. The van der Waals surface area contributed by atoms with Gasteiger partial charge in [-0.1, -0.05) is 176 Å². The molecule has 0 saturated carbocycles. The molecule has 1 aliphatic heterocycles. The molecule has 56 heavy (non-hydrogen) atoms. The molecule has 12 rings (SSSR count). The van der Waals surface area contributed by atoms with Crippen molar-refractivity contribution >= 4 is 21.8 Å². The first kappa shape index (κ1) is 31.0. The molecule has 0 N–H and O–H groups in total. The molecule has 4 heteroatoms. The fourth-order valence-electron chi connectivity index (χ4n) is 9.49. The normalized spacial score (nSPS) is 14.9. The summed E-state index contributed by atoms with van der Waals surface area (Å²) in [5.41, 5.74) is 15.9. The molecule has 2 aliphatic rings. The van der Waals surface area contributed by atoms with Gasteiger partial charge < -0.3 is 4.57 Å². The summed E-state index contributed by atoms with van der Waals surface area (Å²) in [6.45, 7) is 0. The average molecular weight is 713 g/mol. The van der Waals surface area contributed by atoms with E-state index >= 15 is 0 Å². The van der Waals surface area contributed by atoms with Crippen molar-refractivity contribution < 1.29 is 0 Å². The summed E-state index contributed by atoms with van der Waals surface area (Å²) in [7, 11) is 0. The summed E-state index contributed by atoms with van der Waals surface area (Å²) in [6, 6.07) is 69.6. The van der Waals surface area contributed by atoms with Crippen LogP contribution in [0.3, 0.4) is 0 Å². The molecule has 1 aliphatic carbocycles. The minimum Gasteiger partial charge on any atom is -0.309 e. The minimum atomic E-state index is -0.562. The summed E-state index contributed by atoms with van der Waals surface area (Å²) < 4.78 is 2.48. The molecule has 1 spiro atoms. The molecule has 0 bridgehead atoms. The Morgan fingerprint density at radius 3 is 1.64 bits per heavy atom. The van der Waals surface area contributed by atoms with E-state index in [2.05, 4.69) is 174 Å². The van der Waals surface area contributed by atoms with Crippen molar-refractivity contribution in [2.75, 3.05) is 0 Å².